The number of rotatable bonds is 10. The predicted molar refractivity (Wildman–Crippen MR) is 129 cm³/mol. The second-order valence-corrected chi connectivity index (χ2v) is 8.80. The first-order valence-electron chi connectivity index (χ1n) is 10.9. The molecular weight excluding hydrogens is 434 g/mol. The van der Waals surface area contributed by atoms with Gasteiger partial charge in [-0.2, -0.15) is 0 Å². The molecule has 0 unspecified atom stereocenters. The molecule has 33 heavy (non-hydrogen) atoms. The molecule has 2 heterocycles. The third-order valence-corrected chi connectivity index (χ3v) is 6.45. The standard InChI is InChI=1S/C26H27N3O3S/c1-18-15-23(19(2)29(18)14-13-20-9-11-22(31-3)12-10-20)24(30)17-33-26-28-27-25(32-26)16-21-7-5-4-6-8-21/h4-12,15H,13-14,16-17H2,1-3H3. The minimum atomic E-state index is 0.0617. The molecule has 0 fully saturated rings. The number of ether oxygens (including phenoxy) is 1. The van der Waals surface area contributed by atoms with Crippen LogP contribution in [-0.2, 0) is 19.4 Å². The van der Waals surface area contributed by atoms with Gasteiger partial charge in [0.1, 0.15) is 5.75 Å². The van der Waals surface area contributed by atoms with E-state index in [2.05, 4.69) is 26.9 Å². The quantitative estimate of drug-likeness (QED) is 0.236. The normalized spacial score (nSPS) is 11.0. The maximum Gasteiger partial charge on any atom is 0.277 e. The van der Waals surface area contributed by atoms with Crippen LogP contribution in [0.1, 0.15) is 38.8 Å². The molecule has 170 valence electrons. The Bertz CT molecular complexity index is 1210. The number of Topliss-reactive ketones (excluding diaryl/α,β-unsaturated/α-hetero) is 1. The lowest BCUT2D eigenvalue weighted by Gasteiger charge is -2.10. The molecule has 0 bridgehead atoms. The molecule has 0 atom stereocenters. The van der Waals surface area contributed by atoms with Gasteiger partial charge < -0.3 is 13.7 Å². The number of hydrogen-bond donors (Lipinski definition) is 0. The van der Waals surface area contributed by atoms with Gasteiger partial charge in [-0.1, -0.05) is 54.2 Å². The summed E-state index contributed by atoms with van der Waals surface area (Å²) in [4.78, 5) is 12.9. The number of aryl methyl sites for hydroxylation is 2. The number of carbonyl (C=O) groups is 1. The van der Waals surface area contributed by atoms with E-state index in [1.807, 2.05) is 62.4 Å². The Labute approximate surface area is 198 Å². The summed E-state index contributed by atoms with van der Waals surface area (Å²) in [5.41, 5.74) is 5.16. The van der Waals surface area contributed by atoms with Crippen LogP contribution < -0.4 is 4.74 Å². The molecule has 0 saturated carbocycles. The van der Waals surface area contributed by atoms with Crippen LogP contribution in [0.15, 0.2) is 70.3 Å². The van der Waals surface area contributed by atoms with Crippen LogP contribution in [0.2, 0.25) is 0 Å². The molecule has 0 amide bonds. The summed E-state index contributed by atoms with van der Waals surface area (Å²) in [6, 6.07) is 20.0. The highest BCUT2D eigenvalue weighted by Crippen LogP contribution is 2.23. The van der Waals surface area contributed by atoms with Gasteiger partial charge in [-0.15, -0.1) is 10.2 Å². The number of thioether (sulfide) groups is 1. The number of carbonyl (C=O) groups excluding carboxylic acids is 1. The van der Waals surface area contributed by atoms with Crippen molar-refractivity contribution in [1.82, 2.24) is 14.8 Å². The van der Waals surface area contributed by atoms with Gasteiger partial charge in [-0.25, -0.2) is 0 Å². The second kappa shape index (κ2) is 10.5. The zero-order valence-corrected chi connectivity index (χ0v) is 19.9. The highest BCUT2D eigenvalue weighted by atomic mass is 32.2. The molecule has 0 radical (unpaired) electrons. The molecule has 4 aromatic rings. The van der Waals surface area contributed by atoms with E-state index in [1.165, 1.54) is 17.3 Å². The molecule has 2 aromatic carbocycles. The van der Waals surface area contributed by atoms with Crippen LogP contribution in [0, 0.1) is 13.8 Å². The molecule has 6 nitrogen and oxygen atoms in total. The lowest BCUT2D eigenvalue weighted by Crippen LogP contribution is -2.08. The molecule has 4 rings (SSSR count). The number of methoxy groups -OCH3 is 1. The third kappa shape index (κ3) is 5.73. The average Bonchev–Trinajstić information content (AvgIpc) is 3.40. The second-order valence-electron chi connectivity index (χ2n) is 7.87. The van der Waals surface area contributed by atoms with Crippen molar-refractivity contribution in [3.63, 3.8) is 0 Å². The Morgan fingerprint density at radius 2 is 1.79 bits per heavy atom. The number of ketones is 1. The monoisotopic (exact) mass is 461 g/mol. The van der Waals surface area contributed by atoms with E-state index in [9.17, 15) is 4.79 Å². The first-order chi connectivity index (χ1) is 16.0. The maximum absolute atomic E-state index is 12.9. The molecule has 0 N–H and O–H groups in total. The minimum Gasteiger partial charge on any atom is -0.497 e. The molecule has 0 aliphatic rings. The summed E-state index contributed by atoms with van der Waals surface area (Å²) in [5, 5.41) is 8.60. The van der Waals surface area contributed by atoms with Crippen LogP contribution in [0.25, 0.3) is 0 Å². The number of nitrogens with zero attached hydrogens (tertiary/aromatic N) is 3. The summed E-state index contributed by atoms with van der Waals surface area (Å²) in [6.07, 6.45) is 1.46. The van der Waals surface area contributed by atoms with Crippen LogP contribution in [0.3, 0.4) is 0 Å². The first-order valence-corrected chi connectivity index (χ1v) is 11.8. The van der Waals surface area contributed by atoms with Gasteiger partial charge in [-0.3, -0.25) is 4.79 Å². The Hall–Kier alpha value is -3.32. The molecule has 7 heteroatoms. The van der Waals surface area contributed by atoms with Gasteiger partial charge in [-0.05, 0) is 49.6 Å². The number of aromatic nitrogens is 3. The van der Waals surface area contributed by atoms with Gasteiger partial charge in [0.05, 0.1) is 19.3 Å². The first kappa shape index (κ1) is 22.9. The molecular formula is C26H27N3O3S. The van der Waals surface area contributed by atoms with E-state index < -0.39 is 0 Å². The maximum atomic E-state index is 12.9. The number of benzene rings is 2. The van der Waals surface area contributed by atoms with Gasteiger partial charge in [0.2, 0.25) is 5.89 Å². The smallest absolute Gasteiger partial charge is 0.277 e. The topological polar surface area (TPSA) is 70.2 Å². The zero-order valence-electron chi connectivity index (χ0n) is 19.1. The highest BCUT2D eigenvalue weighted by molar-refractivity contribution is 7.99. The van der Waals surface area contributed by atoms with Gasteiger partial charge in [0.25, 0.3) is 5.22 Å². The fourth-order valence-electron chi connectivity index (χ4n) is 3.80. The van der Waals surface area contributed by atoms with Gasteiger partial charge in [0, 0.05) is 23.5 Å². The van der Waals surface area contributed by atoms with Gasteiger partial charge in [0.15, 0.2) is 5.78 Å². The molecule has 0 aliphatic heterocycles. The van der Waals surface area contributed by atoms with Crippen molar-refractivity contribution in [3.05, 3.63) is 94.6 Å². The van der Waals surface area contributed by atoms with Crippen molar-refractivity contribution < 1.29 is 13.9 Å². The molecule has 0 aliphatic carbocycles. The van der Waals surface area contributed by atoms with Crippen molar-refractivity contribution in [1.29, 1.82) is 0 Å². The lowest BCUT2D eigenvalue weighted by atomic mass is 10.1. The van der Waals surface area contributed by atoms with E-state index in [0.717, 1.165) is 41.2 Å². The lowest BCUT2D eigenvalue weighted by molar-refractivity contribution is 0.102. The summed E-state index contributed by atoms with van der Waals surface area (Å²) in [6.45, 7) is 4.86. The third-order valence-electron chi connectivity index (χ3n) is 5.63. The van der Waals surface area contributed by atoms with E-state index in [0.29, 0.717) is 17.5 Å². The van der Waals surface area contributed by atoms with Crippen molar-refractivity contribution in [2.75, 3.05) is 12.9 Å². The van der Waals surface area contributed by atoms with E-state index >= 15 is 0 Å². The Morgan fingerprint density at radius 3 is 2.52 bits per heavy atom. The van der Waals surface area contributed by atoms with Gasteiger partial charge >= 0.3 is 0 Å². The van der Waals surface area contributed by atoms with Crippen molar-refractivity contribution in [3.8, 4) is 5.75 Å². The van der Waals surface area contributed by atoms with Crippen molar-refractivity contribution >= 4 is 17.5 Å². The SMILES string of the molecule is COc1ccc(CCn2c(C)cc(C(=O)CSc3nnc(Cc4ccccc4)o3)c2C)cc1. The van der Waals surface area contributed by atoms with Crippen LogP contribution >= 0.6 is 11.8 Å². The minimum absolute atomic E-state index is 0.0617. The van der Waals surface area contributed by atoms with Crippen LogP contribution in [0.4, 0.5) is 0 Å². The Kier molecular flexibility index (Phi) is 7.29. The van der Waals surface area contributed by atoms with E-state index in [1.54, 1.807) is 7.11 Å². The van der Waals surface area contributed by atoms with Crippen LogP contribution in [-0.4, -0.2) is 33.4 Å². The summed E-state index contributed by atoms with van der Waals surface area (Å²) >= 11 is 1.28. The summed E-state index contributed by atoms with van der Waals surface area (Å²) < 4.78 is 13.1. The zero-order chi connectivity index (χ0) is 23.2. The summed E-state index contributed by atoms with van der Waals surface area (Å²) in [7, 11) is 1.67. The Morgan fingerprint density at radius 1 is 1.03 bits per heavy atom. The van der Waals surface area contributed by atoms with Crippen molar-refractivity contribution in [2.45, 2.75) is 38.5 Å². The average molecular weight is 462 g/mol. The van der Waals surface area contributed by atoms with Crippen LogP contribution in [0.5, 0.6) is 5.75 Å². The number of hydrogen-bond acceptors (Lipinski definition) is 6. The highest BCUT2D eigenvalue weighted by Gasteiger charge is 2.17. The molecule has 2 aromatic heterocycles. The summed E-state index contributed by atoms with van der Waals surface area (Å²) in [5.74, 6) is 1.72. The fourth-order valence-corrected chi connectivity index (χ4v) is 4.47. The molecule has 0 spiro atoms. The van der Waals surface area contributed by atoms with Crippen molar-refractivity contribution in [2.24, 2.45) is 0 Å². The van der Waals surface area contributed by atoms with E-state index in [4.69, 9.17) is 9.15 Å². The fraction of sp³-hybridized carbons (Fsp3) is 0.269. The molecule has 0 saturated heterocycles. The Balaban J connectivity index is 1.34. The predicted octanol–water partition coefficient (Wildman–Crippen LogP) is 5.31. The largest absolute Gasteiger partial charge is 0.497 e. The van der Waals surface area contributed by atoms with E-state index in [-0.39, 0.29) is 11.5 Å².